The van der Waals surface area contributed by atoms with Crippen LogP contribution in [0, 0.1) is 0 Å². The molecule has 4 nitrogen and oxygen atoms in total. The van der Waals surface area contributed by atoms with Gasteiger partial charge in [-0.15, -0.1) is 0 Å². The zero-order valence-electron chi connectivity index (χ0n) is 5.63. The Morgan fingerprint density at radius 2 is 2.80 bits per heavy atom. The Bertz CT molecular complexity index is 210. The lowest BCUT2D eigenvalue weighted by Crippen LogP contribution is -2.04. The fourth-order valence-corrected chi connectivity index (χ4v) is 0.576. The highest BCUT2D eigenvalue weighted by Gasteiger charge is 2.05. The van der Waals surface area contributed by atoms with Crippen LogP contribution in [0.2, 0.25) is 0 Å². The number of hydrogen-bond acceptors (Lipinski definition) is 3. The predicted molar refractivity (Wildman–Crippen MR) is 36.7 cm³/mol. The van der Waals surface area contributed by atoms with Gasteiger partial charge in [0.05, 0.1) is 19.1 Å². The van der Waals surface area contributed by atoms with Crippen molar-refractivity contribution in [1.29, 1.82) is 0 Å². The van der Waals surface area contributed by atoms with Crippen molar-refractivity contribution in [1.82, 2.24) is 9.97 Å². The number of nitrogens with zero attached hydrogens (tertiary/aromatic N) is 1. The van der Waals surface area contributed by atoms with Crippen LogP contribution >= 0.6 is 0 Å². The number of esters is 1. The van der Waals surface area contributed by atoms with Crippen molar-refractivity contribution in [3.63, 3.8) is 0 Å². The van der Waals surface area contributed by atoms with Gasteiger partial charge in [0.15, 0.2) is 0 Å². The standard InChI is InChI=1S/C6H8N2O2.H2/c1-2-10-6(9)5-3-7-4-8-5;/h3-4H,2H2,1H3,(H,7,8);1H. The van der Waals surface area contributed by atoms with E-state index in [1.54, 1.807) is 6.92 Å². The van der Waals surface area contributed by atoms with Crippen molar-refractivity contribution in [2.24, 2.45) is 0 Å². The summed E-state index contributed by atoms with van der Waals surface area (Å²) in [6.45, 7) is 2.14. The van der Waals surface area contributed by atoms with E-state index in [-0.39, 0.29) is 7.40 Å². The summed E-state index contributed by atoms with van der Waals surface area (Å²) in [7, 11) is 0. The van der Waals surface area contributed by atoms with Crippen LogP contribution in [-0.4, -0.2) is 22.5 Å². The van der Waals surface area contributed by atoms with Gasteiger partial charge in [0.25, 0.3) is 0 Å². The molecule has 56 valence electrons. The number of H-pyrrole nitrogens is 1. The van der Waals surface area contributed by atoms with Crippen LogP contribution in [0.3, 0.4) is 0 Å². The molecule has 0 aliphatic heterocycles. The predicted octanol–water partition coefficient (Wildman–Crippen LogP) is 0.832. The Balaban J connectivity index is 0.000001000. The van der Waals surface area contributed by atoms with Gasteiger partial charge in [-0.3, -0.25) is 0 Å². The third-order valence-corrected chi connectivity index (χ3v) is 0.994. The molecule has 0 unspecified atom stereocenters. The first-order valence-electron chi connectivity index (χ1n) is 3.00. The van der Waals surface area contributed by atoms with Gasteiger partial charge >= 0.3 is 5.97 Å². The summed E-state index contributed by atoms with van der Waals surface area (Å²) >= 11 is 0. The molecule has 4 heteroatoms. The Hall–Kier alpha value is -1.32. The number of carbonyl (C=O) groups is 1. The van der Waals surface area contributed by atoms with Crippen molar-refractivity contribution >= 4 is 5.97 Å². The molecular formula is C6H10N2O2. The molecule has 0 spiro atoms. The lowest BCUT2D eigenvalue weighted by Gasteiger charge is -1.95. The molecule has 0 saturated carbocycles. The van der Waals surface area contributed by atoms with E-state index in [1.165, 1.54) is 12.5 Å². The molecule has 0 atom stereocenters. The average molecular weight is 142 g/mol. The second-order valence-corrected chi connectivity index (χ2v) is 1.69. The van der Waals surface area contributed by atoms with Gasteiger partial charge in [0.1, 0.15) is 5.69 Å². The smallest absolute Gasteiger partial charge is 0.356 e. The highest BCUT2D eigenvalue weighted by molar-refractivity contribution is 5.86. The molecule has 1 N–H and O–H groups in total. The summed E-state index contributed by atoms with van der Waals surface area (Å²) in [5.74, 6) is -0.361. The third-order valence-electron chi connectivity index (χ3n) is 0.994. The highest BCUT2D eigenvalue weighted by Crippen LogP contribution is 1.93. The van der Waals surface area contributed by atoms with Gasteiger partial charge in [0, 0.05) is 1.43 Å². The molecule has 0 saturated heterocycles. The van der Waals surface area contributed by atoms with Crippen LogP contribution in [0.1, 0.15) is 18.8 Å². The van der Waals surface area contributed by atoms with Crippen LogP contribution in [-0.2, 0) is 4.74 Å². The Morgan fingerprint density at radius 3 is 3.30 bits per heavy atom. The first-order chi connectivity index (χ1) is 4.84. The maximum Gasteiger partial charge on any atom is 0.356 e. The third kappa shape index (κ3) is 1.34. The topological polar surface area (TPSA) is 55.0 Å². The lowest BCUT2D eigenvalue weighted by molar-refractivity contribution is 0.0520. The van der Waals surface area contributed by atoms with Crippen molar-refractivity contribution in [2.75, 3.05) is 6.61 Å². The summed E-state index contributed by atoms with van der Waals surface area (Å²) in [6.07, 6.45) is 2.87. The van der Waals surface area contributed by atoms with Crippen molar-refractivity contribution in [3.8, 4) is 0 Å². The Labute approximate surface area is 59.7 Å². The van der Waals surface area contributed by atoms with E-state index in [9.17, 15) is 4.79 Å². The normalized spacial score (nSPS) is 9.30. The van der Waals surface area contributed by atoms with Gasteiger partial charge in [0.2, 0.25) is 0 Å². The molecule has 0 fully saturated rings. The first kappa shape index (κ1) is 6.80. The van der Waals surface area contributed by atoms with Crippen LogP contribution in [0.15, 0.2) is 12.5 Å². The summed E-state index contributed by atoms with van der Waals surface area (Å²) < 4.78 is 4.68. The molecular weight excluding hydrogens is 132 g/mol. The summed E-state index contributed by atoms with van der Waals surface area (Å²) in [4.78, 5) is 17.1. The van der Waals surface area contributed by atoms with Crippen molar-refractivity contribution in [3.05, 3.63) is 18.2 Å². The summed E-state index contributed by atoms with van der Waals surface area (Å²) in [5, 5.41) is 0. The maximum atomic E-state index is 10.8. The van der Waals surface area contributed by atoms with Gasteiger partial charge < -0.3 is 9.72 Å². The minimum absolute atomic E-state index is 0. The van der Waals surface area contributed by atoms with E-state index in [0.717, 1.165) is 0 Å². The second-order valence-electron chi connectivity index (χ2n) is 1.69. The van der Waals surface area contributed by atoms with Gasteiger partial charge in [-0.25, -0.2) is 9.78 Å². The SMILES string of the molecule is CCOC(=O)c1cnc[nH]1.[HH]. The molecule has 0 radical (unpaired) electrons. The molecule has 1 heterocycles. The molecule has 0 amide bonds. The number of carbonyl (C=O) groups excluding carboxylic acids is 1. The number of aromatic nitrogens is 2. The zero-order chi connectivity index (χ0) is 7.40. The monoisotopic (exact) mass is 142 g/mol. The molecule has 1 aromatic heterocycles. The van der Waals surface area contributed by atoms with E-state index in [2.05, 4.69) is 14.7 Å². The molecule has 0 aliphatic rings. The van der Waals surface area contributed by atoms with Gasteiger partial charge in [-0.2, -0.15) is 0 Å². The Kier molecular flexibility index (Phi) is 2.04. The van der Waals surface area contributed by atoms with Crippen LogP contribution in [0.25, 0.3) is 0 Å². The number of aromatic amines is 1. The van der Waals surface area contributed by atoms with Crippen LogP contribution in [0.5, 0.6) is 0 Å². The van der Waals surface area contributed by atoms with Crippen LogP contribution < -0.4 is 0 Å². The van der Waals surface area contributed by atoms with E-state index < -0.39 is 0 Å². The average Bonchev–Trinajstić information content (AvgIpc) is 2.38. The van der Waals surface area contributed by atoms with Gasteiger partial charge in [-0.1, -0.05) is 0 Å². The maximum absolute atomic E-state index is 10.8. The fraction of sp³-hybridized carbons (Fsp3) is 0.333. The minimum Gasteiger partial charge on any atom is -0.461 e. The summed E-state index contributed by atoms with van der Waals surface area (Å²) in [6, 6.07) is 0. The van der Waals surface area contributed by atoms with Crippen LogP contribution in [0.4, 0.5) is 0 Å². The fourth-order valence-electron chi connectivity index (χ4n) is 0.576. The number of imidazole rings is 1. The number of ether oxygens (including phenoxy) is 1. The largest absolute Gasteiger partial charge is 0.461 e. The molecule has 1 rings (SSSR count). The Morgan fingerprint density at radius 1 is 2.00 bits per heavy atom. The molecule has 10 heavy (non-hydrogen) atoms. The van der Waals surface area contributed by atoms with E-state index in [4.69, 9.17) is 0 Å². The van der Waals surface area contributed by atoms with Crippen molar-refractivity contribution in [2.45, 2.75) is 6.92 Å². The number of rotatable bonds is 2. The summed E-state index contributed by atoms with van der Waals surface area (Å²) in [5.41, 5.74) is 0.391. The van der Waals surface area contributed by atoms with Crippen molar-refractivity contribution < 1.29 is 11.0 Å². The minimum atomic E-state index is -0.361. The molecule has 0 bridgehead atoms. The highest BCUT2D eigenvalue weighted by atomic mass is 16.5. The number of nitrogens with one attached hydrogen (secondary N) is 1. The van der Waals surface area contributed by atoms with Gasteiger partial charge in [-0.05, 0) is 6.92 Å². The first-order valence-corrected chi connectivity index (χ1v) is 3.00. The van der Waals surface area contributed by atoms with E-state index in [0.29, 0.717) is 12.3 Å². The zero-order valence-corrected chi connectivity index (χ0v) is 5.63. The van der Waals surface area contributed by atoms with E-state index in [1.807, 2.05) is 0 Å². The van der Waals surface area contributed by atoms with E-state index >= 15 is 0 Å². The molecule has 0 aromatic carbocycles. The quantitative estimate of drug-likeness (QED) is 0.622. The lowest BCUT2D eigenvalue weighted by atomic mass is 10.5. The molecule has 0 aliphatic carbocycles. The second kappa shape index (κ2) is 3.00. The molecule has 1 aromatic rings. The number of hydrogen-bond donors (Lipinski definition) is 1.